The topological polar surface area (TPSA) is 213 Å². The lowest BCUT2D eigenvalue weighted by molar-refractivity contribution is -0.135. The van der Waals surface area contributed by atoms with E-state index in [1.54, 1.807) is 0 Å². The first-order valence-corrected chi connectivity index (χ1v) is 15.1. The van der Waals surface area contributed by atoms with Crippen molar-refractivity contribution in [3.8, 4) is 0 Å². The Hall–Kier alpha value is -3.63. The van der Waals surface area contributed by atoms with Gasteiger partial charge < -0.3 is 33.2 Å². The minimum absolute atomic E-state index is 0.00356. The van der Waals surface area contributed by atoms with E-state index in [0.29, 0.717) is 31.4 Å². The summed E-state index contributed by atoms with van der Waals surface area (Å²) in [5.41, 5.74) is 18.2. The summed E-state index contributed by atoms with van der Waals surface area (Å²) < 4.78 is 0. The normalized spacial score (nSPS) is 18.4. The van der Waals surface area contributed by atoms with Gasteiger partial charge in [0.25, 0.3) is 0 Å². The molecule has 2 aliphatic rings. The second kappa shape index (κ2) is 16.0. The van der Waals surface area contributed by atoms with Gasteiger partial charge in [0.05, 0.1) is 0 Å². The maximum atomic E-state index is 14.0. The Morgan fingerprint density at radius 3 is 1.93 bits per heavy atom. The van der Waals surface area contributed by atoms with Gasteiger partial charge in [-0.15, -0.1) is 0 Å². The van der Waals surface area contributed by atoms with E-state index >= 15 is 0 Å². The molecule has 11 N–H and O–H groups in total. The molecule has 0 aliphatic heterocycles. The molecule has 1 aromatic rings. The van der Waals surface area contributed by atoms with Crippen molar-refractivity contribution in [1.29, 1.82) is 10.8 Å². The van der Waals surface area contributed by atoms with Crippen LogP contribution in [0.4, 0.5) is 0 Å². The van der Waals surface area contributed by atoms with Gasteiger partial charge in [0.2, 0.25) is 17.7 Å². The standard InChI is InChI=1S/C30H48N8O3/c31-26(32)22-15-13-19(14-16-22)18-23(20-8-3-1-4-9-20)28(40)38-25(21-10-5-2-6-11-21)29(41)37-24(27(33)39)12-7-17-36-30(34)35/h13-16,20-21,23-25H,1-12,17-18H2,(H3,31,32)(H2,33,39)(H,37,41)(H,38,40)(H4,34,35,36)/t23?,24-,25-/m0/s1. The number of rotatable bonds is 14. The van der Waals surface area contributed by atoms with Crippen molar-refractivity contribution < 1.29 is 14.4 Å². The van der Waals surface area contributed by atoms with Crippen LogP contribution in [0.2, 0.25) is 0 Å². The molecule has 3 atom stereocenters. The molecule has 11 heteroatoms. The Kier molecular flexibility index (Phi) is 12.4. The van der Waals surface area contributed by atoms with E-state index in [2.05, 4.69) is 16.0 Å². The summed E-state index contributed by atoms with van der Waals surface area (Å²) in [6.45, 7) is 0.383. The number of nitrogens with one attached hydrogen (secondary N) is 5. The molecule has 0 heterocycles. The number of carbonyl (C=O) groups is 3. The Morgan fingerprint density at radius 1 is 0.805 bits per heavy atom. The van der Waals surface area contributed by atoms with Crippen LogP contribution in [0, 0.1) is 28.6 Å². The number of benzene rings is 1. The first-order valence-electron chi connectivity index (χ1n) is 15.1. The number of hydrogen-bond acceptors (Lipinski definition) is 5. The largest absolute Gasteiger partial charge is 0.384 e. The lowest BCUT2D eigenvalue weighted by atomic mass is 9.76. The van der Waals surface area contributed by atoms with Crippen LogP contribution in [0.15, 0.2) is 24.3 Å². The summed E-state index contributed by atoms with van der Waals surface area (Å²) in [7, 11) is 0. The molecule has 1 aromatic carbocycles. The van der Waals surface area contributed by atoms with Crippen LogP contribution in [-0.2, 0) is 20.8 Å². The van der Waals surface area contributed by atoms with Gasteiger partial charge in [0, 0.05) is 18.0 Å². The van der Waals surface area contributed by atoms with E-state index < -0.39 is 18.0 Å². The summed E-state index contributed by atoms with van der Waals surface area (Å²) in [6, 6.07) is 5.83. The Morgan fingerprint density at radius 2 is 1.39 bits per heavy atom. The number of nitrogen functional groups attached to an aromatic ring is 1. The highest BCUT2D eigenvalue weighted by Gasteiger charge is 2.36. The average molecular weight is 569 g/mol. The van der Waals surface area contributed by atoms with Gasteiger partial charge in [0.1, 0.15) is 17.9 Å². The van der Waals surface area contributed by atoms with Crippen molar-refractivity contribution in [2.45, 2.75) is 95.6 Å². The van der Waals surface area contributed by atoms with Crippen molar-refractivity contribution in [3.63, 3.8) is 0 Å². The van der Waals surface area contributed by atoms with Crippen molar-refractivity contribution in [1.82, 2.24) is 16.0 Å². The van der Waals surface area contributed by atoms with Crippen molar-refractivity contribution in [3.05, 3.63) is 35.4 Å². The van der Waals surface area contributed by atoms with Crippen LogP contribution in [0.5, 0.6) is 0 Å². The molecule has 1 unspecified atom stereocenters. The minimum atomic E-state index is -0.881. The Labute approximate surface area is 243 Å². The lowest BCUT2D eigenvalue weighted by Crippen LogP contribution is -2.57. The van der Waals surface area contributed by atoms with E-state index in [1.165, 1.54) is 6.42 Å². The highest BCUT2D eigenvalue weighted by atomic mass is 16.2. The number of guanidine groups is 1. The number of amides is 3. The van der Waals surface area contributed by atoms with Gasteiger partial charge in [-0.3, -0.25) is 25.2 Å². The zero-order chi connectivity index (χ0) is 29.8. The van der Waals surface area contributed by atoms with Gasteiger partial charge in [0.15, 0.2) is 5.96 Å². The van der Waals surface area contributed by atoms with E-state index in [-0.39, 0.29) is 41.4 Å². The first kappa shape index (κ1) is 31.9. The quantitative estimate of drug-likeness (QED) is 0.0954. The third kappa shape index (κ3) is 10.1. The van der Waals surface area contributed by atoms with Gasteiger partial charge in [-0.2, -0.15) is 0 Å². The molecule has 2 aliphatic carbocycles. The summed E-state index contributed by atoms with van der Waals surface area (Å²) in [5.74, 6) is -1.37. The van der Waals surface area contributed by atoms with Crippen LogP contribution < -0.4 is 33.2 Å². The summed E-state index contributed by atoms with van der Waals surface area (Å²) in [4.78, 5) is 39.8. The van der Waals surface area contributed by atoms with Gasteiger partial charge in [-0.1, -0.05) is 62.8 Å². The smallest absolute Gasteiger partial charge is 0.243 e. The second-order valence-electron chi connectivity index (χ2n) is 11.6. The van der Waals surface area contributed by atoms with E-state index in [0.717, 1.165) is 63.4 Å². The molecule has 226 valence electrons. The van der Waals surface area contributed by atoms with Crippen LogP contribution in [0.3, 0.4) is 0 Å². The Bertz CT molecular complexity index is 1050. The van der Waals surface area contributed by atoms with E-state index in [4.69, 9.17) is 28.0 Å². The maximum Gasteiger partial charge on any atom is 0.243 e. The van der Waals surface area contributed by atoms with Crippen LogP contribution >= 0.6 is 0 Å². The predicted octanol–water partition coefficient (Wildman–Crippen LogP) is 2.01. The number of amidine groups is 1. The van der Waals surface area contributed by atoms with Crippen molar-refractivity contribution in [2.75, 3.05) is 6.54 Å². The van der Waals surface area contributed by atoms with Crippen LogP contribution in [0.25, 0.3) is 0 Å². The molecular weight excluding hydrogens is 520 g/mol. The summed E-state index contributed by atoms with van der Waals surface area (Å²) in [5, 5.41) is 23.6. The van der Waals surface area contributed by atoms with Crippen molar-refractivity contribution >= 4 is 29.5 Å². The molecule has 3 rings (SSSR count). The monoisotopic (exact) mass is 568 g/mol. The molecule has 2 saturated carbocycles. The number of carbonyl (C=O) groups excluding carboxylic acids is 3. The summed E-state index contributed by atoms with van der Waals surface area (Å²) >= 11 is 0. The van der Waals surface area contributed by atoms with Crippen LogP contribution in [-0.4, -0.2) is 48.1 Å². The first-order chi connectivity index (χ1) is 19.7. The van der Waals surface area contributed by atoms with Gasteiger partial charge in [-0.25, -0.2) is 0 Å². The zero-order valence-electron chi connectivity index (χ0n) is 24.1. The van der Waals surface area contributed by atoms with Crippen molar-refractivity contribution in [2.24, 2.45) is 35.0 Å². The van der Waals surface area contributed by atoms with E-state index in [9.17, 15) is 14.4 Å². The average Bonchev–Trinajstić information content (AvgIpc) is 2.96. The summed E-state index contributed by atoms with van der Waals surface area (Å²) in [6.07, 6.45) is 11.4. The highest BCUT2D eigenvalue weighted by molar-refractivity contribution is 5.95. The molecular formula is C30H48N8O3. The zero-order valence-corrected chi connectivity index (χ0v) is 24.1. The SMILES string of the molecule is N=C(N)NCCC[C@H](NC(=O)[C@@H](NC(=O)C(Cc1ccc(C(=N)N)cc1)C1CCCCC1)C1CCCCC1)C(N)=O. The molecule has 41 heavy (non-hydrogen) atoms. The molecule has 0 bridgehead atoms. The molecule has 0 saturated heterocycles. The fourth-order valence-electron chi connectivity index (χ4n) is 6.29. The predicted molar refractivity (Wildman–Crippen MR) is 160 cm³/mol. The third-order valence-corrected chi connectivity index (χ3v) is 8.62. The molecule has 3 amide bonds. The molecule has 0 spiro atoms. The highest BCUT2D eigenvalue weighted by Crippen LogP contribution is 2.33. The molecule has 2 fully saturated rings. The van der Waals surface area contributed by atoms with E-state index in [1.807, 2.05) is 24.3 Å². The number of hydrogen-bond donors (Lipinski definition) is 8. The van der Waals surface area contributed by atoms with Gasteiger partial charge in [-0.05, 0) is 62.3 Å². The second-order valence-corrected chi connectivity index (χ2v) is 11.6. The van der Waals surface area contributed by atoms with Crippen LogP contribution in [0.1, 0.15) is 88.2 Å². The minimum Gasteiger partial charge on any atom is -0.384 e. The number of primary amides is 1. The fraction of sp³-hybridized carbons (Fsp3) is 0.633. The number of nitrogens with two attached hydrogens (primary N) is 3. The molecule has 0 radical (unpaired) electrons. The Balaban J connectivity index is 1.77. The third-order valence-electron chi connectivity index (χ3n) is 8.62. The lowest BCUT2D eigenvalue weighted by Gasteiger charge is -2.34. The maximum absolute atomic E-state index is 14.0. The van der Waals surface area contributed by atoms with Gasteiger partial charge >= 0.3 is 0 Å². The molecule has 0 aromatic heterocycles. The fourth-order valence-corrected chi connectivity index (χ4v) is 6.29. The molecule has 11 nitrogen and oxygen atoms in total.